The Labute approximate surface area is 269 Å². The van der Waals surface area contributed by atoms with Crippen LogP contribution in [0.2, 0.25) is 0 Å². The third-order valence-corrected chi connectivity index (χ3v) is 12.3. The number of aromatic nitrogens is 2. The van der Waals surface area contributed by atoms with Crippen molar-refractivity contribution in [1.82, 2.24) is 28.2 Å². The van der Waals surface area contributed by atoms with Crippen molar-refractivity contribution in [2.24, 2.45) is 5.41 Å². The van der Waals surface area contributed by atoms with E-state index < -0.39 is 10.0 Å². The minimum Gasteiger partial charge on any atom is -0.504 e. The summed E-state index contributed by atoms with van der Waals surface area (Å²) < 4.78 is 43.0. The summed E-state index contributed by atoms with van der Waals surface area (Å²) in [5.74, 6) is 1.60. The molecule has 5 heterocycles. The number of sulfonamides is 1. The molecule has 0 aromatic carbocycles. The molecule has 15 heteroatoms. The minimum atomic E-state index is -3.80. The quantitative estimate of drug-likeness (QED) is 0.242. The molecule has 244 valence electrons. The fourth-order valence-electron chi connectivity index (χ4n) is 5.62. The van der Waals surface area contributed by atoms with Crippen LogP contribution in [0, 0.1) is 5.41 Å². The Morgan fingerprint density at radius 1 is 1.14 bits per heavy atom. The van der Waals surface area contributed by atoms with Crippen LogP contribution in [0.25, 0.3) is 0 Å². The lowest BCUT2D eigenvalue weighted by molar-refractivity contribution is 0.152. The third kappa shape index (κ3) is 7.57. The lowest BCUT2D eigenvalue weighted by atomic mass is 9.85. The number of likely N-dealkylation sites (N-methyl/N-ethyl adjacent to an activating group) is 1. The van der Waals surface area contributed by atoms with Crippen molar-refractivity contribution in [1.29, 1.82) is 0 Å². The van der Waals surface area contributed by atoms with E-state index in [2.05, 4.69) is 63.1 Å². The number of hydrogen-bond donors (Lipinski definition) is 3. The van der Waals surface area contributed by atoms with E-state index in [1.54, 1.807) is 17.3 Å². The molecular weight excluding hydrogens is 621 g/mol. The monoisotopic (exact) mass is 666 g/mol. The molecule has 44 heavy (non-hydrogen) atoms. The Balaban J connectivity index is 1.25. The average Bonchev–Trinajstić information content (AvgIpc) is 3.75. The van der Waals surface area contributed by atoms with E-state index in [9.17, 15) is 13.5 Å². The molecule has 1 atom stereocenters. The summed E-state index contributed by atoms with van der Waals surface area (Å²) in [6, 6.07) is 1.94. The van der Waals surface area contributed by atoms with Gasteiger partial charge in [0.15, 0.2) is 21.6 Å². The number of piperazine rings is 2. The summed E-state index contributed by atoms with van der Waals surface area (Å²) in [5, 5.41) is 19.4. The molecule has 0 spiro atoms. The fraction of sp³-hybridized carbons (Fsp3) is 0.655. The zero-order valence-corrected chi connectivity index (χ0v) is 28.8. The molecule has 3 N–H and O–H groups in total. The van der Waals surface area contributed by atoms with Crippen LogP contribution < -0.4 is 15.5 Å². The molecule has 0 radical (unpaired) electrons. The van der Waals surface area contributed by atoms with Gasteiger partial charge in [0.25, 0.3) is 10.0 Å². The molecule has 3 aromatic heterocycles. The fourth-order valence-corrected chi connectivity index (χ4v) is 9.06. The third-order valence-electron chi connectivity index (χ3n) is 8.41. The van der Waals surface area contributed by atoms with Crippen molar-refractivity contribution in [3.8, 4) is 5.75 Å². The van der Waals surface area contributed by atoms with Crippen LogP contribution in [-0.2, 0) is 16.4 Å². The summed E-state index contributed by atoms with van der Waals surface area (Å²) in [7, 11) is 0.137. The predicted octanol–water partition coefficient (Wildman–Crippen LogP) is 4.03. The topological polar surface area (TPSA) is 130 Å². The Hall–Kier alpha value is -2.27. The van der Waals surface area contributed by atoms with Crippen LogP contribution in [0.4, 0.5) is 17.3 Å². The molecule has 0 saturated carbocycles. The lowest BCUT2D eigenvalue weighted by Gasteiger charge is -2.32. The first-order valence-electron chi connectivity index (χ1n) is 15.3. The predicted molar refractivity (Wildman–Crippen MR) is 177 cm³/mol. The molecule has 0 aliphatic carbocycles. The van der Waals surface area contributed by atoms with Crippen LogP contribution >= 0.6 is 23.1 Å². The van der Waals surface area contributed by atoms with E-state index in [1.165, 1.54) is 16.3 Å². The van der Waals surface area contributed by atoms with Gasteiger partial charge in [-0.05, 0) is 49.9 Å². The maximum absolute atomic E-state index is 13.3. The van der Waals surface area contributed by atoms with Crippen molar-refractivity contribution in [3.05, 3.63) is 29.0 Å². The van der Waals surface area contributed by atoms with Gasteiger partial charge in [0.1, 0.15) is 5.76 Å². The van der Waals surface area contributed by atoms with Gasteiger partial charge in [-0.2, -0.15) is 13.1 Å². The number of anilines is 3. The van der Waals surface area contributed by atoms with Crippen molar-refractivity contribution < 1.29 is 17.9 Å². The van der Waals surface area contributed by atoms with Gasteiger partial charge in [-0.1, -0.05) is 20.8 Å². The molecular formula is C29H46N8O4S3. The second-order valence-electron chi connectivity index (χ2n) is 12.8. The van der Waals surface area contributed by atoms with Gasteiger partial charge in [-0.15, -0.1) is 11.3 Å². The van der Waals surface area contributed by atoms with Gasteiger partial charge < -0.3 is 34.9 Å². The first-order valence-corrected chi connectivity index (χ1v) is 18.3. The highest BCUT2D eigenvalue weighted by atomic mass is 32.2. The Morgan fingerprint density at radius 2 is 1.86 bits per heavy atom. The van der Waals surface area contributed by atoms with Crippen molar-refractivity contribution in [2.45, 2.75) is 50.3 Å². The number of furan rings is 1. The van der Waals surface area contributed by atoms with Crippen LogP contribution in [0.1, 0.15) is 51.0 Å². The van der Waals surface area contributed by atoms with Gasteiger partial charge >= 0.3 is 0 Å². The highest BCUT2D eigenvalue weighted by Gasteiger charge is 2.34. The van der Waals surface area contributed by atoms with E-state index in [4.69, 9.17) is 4.42 Å². The van der Waals surface area contributed by atoms with Crippen LogP contribution in [0.5, 0.6) is 5.75 Å². The Kier molecular flexibility index (Phi) is 10.5. The van der Waals surface area contributed by atoms with Crippen molar-refractivity contribution in [3.63, 3.8) is 0 Å². The average molecular weight is 667 g/mol. The number of hydrogen-bond acceptors (Lipinski definition) is 13. The highest BCUT2D eigenvalue weighted by molar-refractivity contribution is 7.91. The molecule has 12 nitrogen and oxygen atoms in total. The molecule has 3 aromatic rings. The molecule has 2 aliphatic rings. The van der Waals surface area contributed by atoms with Crippen LogP contribution in [0.3, 0.4) is 0 Å². The first-order chi connectivity index (χ1) is 20.9. The Bertz CT molecular complexity index is 1470. The molecule has 2 aliphatic heterocycles. The van der Waals surface area contributed by atoms with Crippen LogP contribution in [-0.4, -0.2) is 109 Å². The number of rotatable bonds is 12. The van der Waals surface area contributed by atoms with Gasteiger partial charge in [0.05, 0.1) is 29.7 Å². The normalized spacial score (nSPS) is 18.5. The second-order valence-corrected chi connectivity index (χ2v) is 16.4. The molecule has 2 fully saturated rings. The summed E-state index contributed by atoms with van der Waals surface area (Å²) in [6.07, 6.45) is 5.11. The summed E-state index contributed by atoms with van der Waals surface area (Å²) >= 11 is 2.07. The van der Waals surface area contributed by atoms with Crippen LogP contribution in [0.15, 0.2) is 26.3 Å². The zero-order chi connectivity index (χ0) is 31.5. The van der Waals surface area contributed by atoms with Gasteiger partial charge in [0.2, 0.25) is 0 Å². The molecule has 0 bridgehead atoms. The largest absolute Gasteiger partial charge is 0.504 e. The summed E-state index contributed by atoms with van der Waals surface area (Å²) in [4.78, 5) is 6.62. The second kappa shape index (κ2) is 14.0. The Morgan fingerprint density at radius 3 is 2.57 bits per heavy atom. The molecule has 2 saturated heterocycles. The van der Waals surface area contributed by atoms with Crippen molar-refractivity contribution in [2.75, 3.05) is 83.2 Å². The SMILES string of the molecule is CN1CCN(CCCCc2coc([C@H](Nc3nsnc3N(C)c3csc(S(=O)(=O)N4CCNCC4)c3O)C(C)(C)C)c2)CC1. The number of unbranched alkanes of at least 4 members (excludes halogenated alkanes) is 1. The number of aryl methyl sites for hydroxylation is 1. The maximum atomic E-state index is 13.3. The first kappa shape index (κ1) is 33.1. The van der Waals surface area contributed by atoms with E-state index in [1.807, 2.05) is 6.26 Å². The van der Waals surface area contributed by atoms with Gasteiger partial charge in [-0.3, -0.25) is 0 Å². The zero-order valence-electron chi connectivity index (χ0n) is 26.4. The number of thiophene rings is 1. The standard InChI is InChI=1S/C29H46N8O4S3/c1-29(2,3)25(23-18-21(19-41-23)8-6-7-11-36-16-14-34(4)15-17-36)31-26-27(33-43-32-26)35(5)22-20-42-28(24(22)38)44(39,40)37-12-9-30-10-13-37/h18-20,25,30,38H,6-17H2,1-5H3,(H,31,32)/t25-/m0/s1. The molecule has 0 amide bonds. The van der Waals surface area contributed by atoms with E-state index >= 15 is 0 Å². The van der Waals surface area contributed by atoms with E-state index in [0.29, 0.717) is 43.5 Å². The molecule has 5 rings (SSSR count). The molecule has 0 unspecified atom stereocenters. The van der Waals surface area contributed by atoms with Gasteiger partial charge in [0, 0.05) is 64.8 Å². The minimum absolute atomic E-state index is 0.0573. The van der Waals surface area contributed by atoms with Crippen molar-refractivity contribution >= 4 is 50.4 Å². The van der Waals surface area contributed by atoms with Gasteiger partial charge in [-0.25, -0.2) is 8.42 Å². The maximum Gasteiger partial charge on any atom is 0.256 e. The summed E-state index contributed by atoms with van der Waals surface area (Å²) in [6.45, 7) is 14.1. The smallest absolute Gasteiger partial charge is 0.256 e. The number of nitrogens with zero attached hydrogens (tertiary/aromatic N) is 6. The lowest BCUT2D eigenvalue weighted by Crippen LogP contribution is -2.46. The van der Waals surface area contributed by atoms with E-state index in [-0.39, 0.29) is 21.4 Å². The van der Waals surface area contributed by atoms with E-state index in [0.717, 1.165) is 74.4 Å². The number of aromatic hydroxyl groups is 1. The highest BCUT2D eigenvalue weighted by Crippen LogP contribution is 2.45. The number of nitrogens with one attached hydrogen (secondary N) is 2. The summed E-state index contributed by atoms with van der Waals surface area (Å²) in [5.41, 5.74) is 1.33.